The predicted octanol–water partition coefficient (Wildman–Crippen LogP) is 9.46. The summed E-state index contributed by atoms with van der Waals surface area (Å²) in [4.78, 5) is 45.8. The molecule has 8 rings (SSSR count). The first-order chi connectivity index (χ1) is 24.6. The third kappa shape index (κ3) is 5.84. The van der Waals surface area contributed by atoms with E-state index in [0.29, 0.717) is 24.9 Å². The Morgan fingerprint density at radius 3 is 2.46 bits per heavy atom. The van der Waals surface area contributed by atoms with Crippen molar-refractivity contribution >= 4 is 34.0 Å². The van der Waals surface area contributed by atoms with E-state index in [2.05, 4.69) is 87.1 Å². The van der Waals surface area contributed by atoms with Crippen LogP contribution in [0.5, 0.6) is 5.75 Å². The summed E-state index contributed by atoms with van der Waals surface area (Å²) in [7, 11) is 0. The van der Waals surface area contributed by atoms with E-state index in [1.165, 1.54) is 0 Å². The smallest absolute Gasteiger partial charge is 0.410 e. The molecule has 0 bridgehead atoms. The van der Waals surface area contributed by atoms with Gasteiger partial charge in [-0.15, -0.1) is 0 Å². The lowest BCUT2D eigenvalue weighted by atomic mass is 9.80. The summed E-state index contributed by atoms with van der Waals surface area (Å²) in [6.45, 7) is 17.3. The molecule has 272 valence electrons. The van der Waals surface area contributed by atoms with Crippen LogP contribution in [0.2, 0.25) is 0 Å². The van der Waals surface area contributed by atoms with Crippen LogP contribution in [0.25, 0.3) is 44.2 Å². The fourth-order valence-corrected chi connectivity index (χ4v) is 8.94. The number of carbonyl (C=O) groups is 2. The molecule has 0 saturated carbocycles. The molecule has 3 N–H and O–H groups in total. The summed E-state index contributed by atoms with van der Waals surface area (Å²) in [6.07, 6.45) is 2.12. The van der Waals surface area contributed by atoms with Gasteiger partial charge in [0.05, 0.1) is 35.0 Å². The van der Waals surface area contributed by atoms with Crippen molar-refractivity contribution in [2.45, 2.75) is 98.6 Å². The molecule has 5 atom stereocenters. The Morgan fingerprint density at radius 2 is 1.73 bits per heavy atom. The molecule has 3 unspecified atom stereocenters. The minimum Gasteiger partial charge on any atom is -0.488 e. The SMILES string of the molecule is CC1CC(c2nc3c(ccc4cc5c(cc43)OCc3cc(-c4cnc([C@@H]6CC(C)[C@@H](C(C)(C)C)N6C(=O)O)[nH]4)ccc3-5)[nH]2)N(C(=O)OC(C)(C)C)C1. The molecule has 0 aliphatic carbocycles. The van der Waals surface area contributed by atoms with Gasteiger partial charge in [0.25, 0.3) is 0 Å². The molecule has 3 aliphatic heterocycles. The van der Waals surface area contributed by atoms with Gasteiger partial charge in [-0.05, 0) is 97.2 Å². The molecule has 2 amide bonds. The van der Waals surface area contributed by atoms with E-state index in [0.717, 1.165) is 74.2 Å². The molecular weight excluding hydrogens is 656 g/mol. The Morgan fingerprint density at radius 1 is 0.942 bits per heavy atom. The number of H-pyrrole nitrogens is 2. The third-order valence-electron chi connectivity index (χ3n) is 10.9. The number of aromatic nitrogens is 4. The average Bonchev–Trinajstić information content (AvgIpc) is 3.86. The van der Waals surface area contributed by atoms with Crippen LogP contribution in [0, 0.1) is 17.3 Å². The van der Waals surface area contributed by atoms with E-state index in [-0.39, 0.29) is 35.6 Å². The van der Waals surface area contributed by atoms with E-state index in [1.807, 2.05) is 20.8 Å². The van der Waals surface area contributed by atoms with Crippen LogP contribution >= 0.6 is 0 Å². The van der Waals surface area contributed by atoms with Crippen molar-refractivity contribution in [1.82, 2.24) is 29.7 Å². The fourth-order valence-electron chi connectivity index (χ4n) is 8.94. The number of fused-ring (bicyclic) bond motifs is 6. The number of ether oxygens (including phenoxy) is 2. The highest BCUT2D eigenvalue weighted by Crippen LogP contribution is 2.47. The van der Waals surface area contributed by atoms with Crippen molar-refractivity contribution in [2.24, 2.45) is 17.3 Å². The van der Waals surface area contributed by atoms with Gasteiger partial charge in [-0.2, -0.15) is 0 Å². The summed E-state index contributed by atoms with van der Waals surface area (Å²) >= 11 is 0. The molecule has 3 aliphatic rings. The molecule has 3 aromatic carbocycles. The van der Waals surface area contributed by atoms with Gasteiger partial charge in [-0.3, -0.25) is 9.80 Å². The van der Waals surface area contributed by atoms with Gasteiger partial charge in [0.2, 0.25) is 0 Å². The van der Waals surface area contributed by atoms with Crippen LogP contribution in [0.4, 0.5) is 9.59 Å². The van der Waals surface area contributed by atoms with Crippen molar-refractivity contribution in [3.05, 3.63) is 65.9 Å². The van der Waals surface area contributed by atoms with E-state index < -0.39 is 11.7 Å². The third-order valence-corrected chi connectivity index (χ3v) is 10.9. The maximum Gasteiger partial charge on any atom is 0.410 e. The van der Waals surface area contributed by atoms with Gasteiger partial charge in [0.1, 0.15) is 29.6 Å². The van der Waals surface area contributed by atoms with Gasteiger partial charge in [-0.25, -0.2) is 19.6 Å². The van der Waals surface area contributed by atoms with Crippen molar-refractivity contribution < 1.29 is 24.2 Å². The number of hydrogen-bond acceptors (Lipinski definition) is 6. The maximum absolute atomic E-state index is 13.1. The van der Waals surface area contributed by atoms with E-state index >= 15 is 0 Å². The van der Waals surface area contributed by atoms with Crippen molar-refractivity contribution in [3.63, 3.8) is 0 Å². The number of amides is 2. The quantitative estimate of drug-likeness (QED) is 0.170. The number of benzene rings is 3. The topological polar surface area (TPSA) is 137 Å². The molecule has 2 saturated heterocycles. The second kappa shape index (κ2) is 12.0. The second-order valence-electron chi connectivity index (χ2n) is 17.2. The van der Waals surface area contributed by atoms with Crippen LogP contribution in [0.3, 0.4) is 0 Å². The number of nitrogens with one attached hydrogen (secondary N) is 2. The number of rotatable bonds is 3. The van der Waals surface area contributed by atoms with Gasteiger partial charge in [0, 0.05) is 23.5 Å². The first-order valence-electron chi connectivity index (χ1n) is 18.3. The lowest BCUT2D eigenvalue weighted by Gasteiger charge is -2.37. The number of hydrogen-bond donors (Lipinski definition) is 3. The number of carbonyl (C=O) groups excluding carboxylic acids is 1. The van der Waals surface area contributed by atoms with Crippen LogP contribution in [-0.4, -0.2) is 65.2 Å². The van der Waals surface area contributed by atoms with Gasteiger partial charge >= 0.3 is 12.2 Å². The number of carboxylic acid groups (broad SMARTS) is 1. The summed E-state index contributed by atoms with van der Waals surface area (Å²) < 4.78 is 12.1. The molecule has 0 radical (unpaired) electrons. The fraction of sp³-hybridized carbons (Fsp3) is 0.463. The highest BCUT2D eigenvalue weighted by molar-refractivity contribution is 6.07. The van der Waals surface area contributed by atoms with Crippen molar-refractivity contribution in [3.8, 4) is 28.1 Å². The van der Waals surface area contributed by atoms with Crippen molar-refractivity contribution in [2.75, 3.05) is 6.54 Å². The normalized spacial score (nSPS) is 23.2. The van der Waals surface area contributed by atoms with E-state index in [4.69, 9.17) is 19.4 Å². The van der Waals surface area contributed by atoms with Crippen molar-refractivity contribution in [1.29, 1.82) is 0 Å². The zero-order chi connectivity index (χ0) is 36.9. The summed E-state index contributed by atoms with van der Waals surface area (Å²) in [6, 6.07) is 14.1. The number of likely N-dealkylation sites (tertiary alicyclic amines) is 2. The lowest BCUT2D eigenvalue weighted by molar-refractivity contribution is 0.0214. The number of nitrogens with zero attached hydrogens (tertiary/aromatic N) is 4. The average molecular weight is 705 g/mol. The highest BCUT2D eigenvalue weighted by Gasteiger charge is 2.48. The molecule has 52 heavy (non-hydrogen) atoms. The minimum absolute atomic E-state index is 0.0996. The van der Waals surface area contributed by atoms with Crippen LogP contribution in [0.1, 0.15) is 97.5 Å². The molecule has 2 aromatic heterocycles. The molecule has 2 fully saturated rings. The molecule has 0 spiro atoms. The zero-order valence-electron chi connectivity index (χ0n) is 31.2. The first-order valence-corrected chi connectivity index (χ1v) is 18.3. The Hall–Kier alpha value is -5.06. The maximum atomic E-state index is 13.1. The Labute approximate surface area is 303 Å². The summed E-state index contributed by atoms with van der Waals surface area (Å²) in [5.74, 6) is 2.79. The Bertz CT molecular complexity index is 2220. The van der Waals surface area contributed by atoms with Crippen LogP contribution < -0.4 is 4.74 Å². The van der Waals surface area contributed by atoms with E-state index in [1.54, 1.807) is 16.0 Å². The monoisotopic (exact) mass is 704 g/mol. The number of aromatic amines is 2. The zero-order valence-corrected chi connectivity index (χ0v) is 31.2. The molecule has 11 nitrogen and oxygen atoms in total. The molecule has 5 aromatic rings. The summed E-state index contributed by atoms with van der Waals surface area (Å²) in [5, 5.41) is 12.3. The number of imidazole rings is 2. The van der Waals surface area contributed by atoms with Crippen LogP contribution in [0.15, 0.2) is 48.7 Å². The van der Waals surface area contributed by atoms with Gasteiger partial charge in [0.15, 0.2) is 0 Å². The molecule has 11 heteroatoms. The lowest BCUT2D eigenvalue weighted by Crippen LogP contribution is -2.45. The van der Waals surface area contributed by atoms with Crippen LogP contribution in [-0.2, 0) is 11.3 Å². The Balaban J connectivity index is 1.08. The summed E-state index contributed by atoms with van der Waals surface area (Å²) in [5.41, 5.74) is 6.02. The Kier molecular flexibility index (Phi) is 7.86. The van der Waals surface area contributed by atoms with Gasteiger partial charge in [-0.1, -0.05) is 52.8 Å². The van der Waals surface area contributed by atoms with Gasteiger partial charge < -0.3 is 24.5 Å². The first kappa shape index (κ1) is 34.0. The second-order valence-corrected chi connectivity index (χ2v) is 17.2. The minimum atomic E-state index is -0.911. The largest absolute Gasteiger partial charge is 0.488 e. The standard InChI is InChI=1S/C41H48N6O5/c1-21-13-31(46(19-21)39(50)52-41(6,7)8)37-43-29-12-10-23-16-28-26-11-9-24(15-25(26)20-51-33(28)17-27(23)34(29)45-37)30-18-42-36(44-30)32-14-22(2)35(40(3,4)5)47(32)38(48)49/h9-12,15-18,21-22,31-32,35H,13-14,19-20H2,1-8H3,(H,42,44)(H,43,45)(H,48,49)/t21?,22?,31?,32-,35-/m0/s1. The highest BCUT2D eigenvalue weighted by atomic mass is 16.6. The van der Waals surface area contributed by atoms with E-state index in [9.17, 15) is 14.7 Å². The molecular formula is C41H48N6O5. The molecule has 5 heterocycles. The predicted molar refractivity (Wildman–Crippen MR) is 200 cm³/mol.